The molecular formula is C29H22Cl3N3O4. The van der Waals surface area contributed by atoms with Gasteiger partial charge in [-0.1, -0.05) is 71.2 Å². The zero-order valence-electron chi connectivity index (χ0n) is 20.5. The van der Waals surface area contributed by atoms with Crippen LogP contribution in [0.2, 0.25) is 15.1 Å². The number of aliphatic carboxylic acids is 1. The van der Waals surface area contributed by atoms with Gasteiger partial charge in [0, 0.05) is 50.8 Å². The minimum Gasteiger partial charge on any atom is -0.481 e. The number of pyridine rings is 1. The number of para-hydroxylation sites is 1. The number of aromatic nitrogens is 1. The summed E-state index contributed by atoms with van der Waals surface area (Å²) < 4.78 is 0. The molecule has 0 aliphatic carbocycles. The maximum atomic E-state index is 13.6. The van der Waals surface area contributed by atoms with Crippen LogP contribution in [0.25, 0.3) is 22.0 Å². The van der Waals surface area contributed by atoms with E-state index in [1.165, 1.54) is 5.01 Å². The van der Waals surface area contributed by atoms with E-state index in [1.807, 2.05) is 36.4 Å². The molecular weight excluding hydrogens is 561 g/mol. The highest BCUT2D eigenvalue weighted by atomic mass is 35.5. The number of benzene rings is 3. The second-order valence-electron chi connectivity index (χ2n) is 9.17. The Morgan fingerprint density at radius 3 is 2.38 bits per heavy atom. The number of hydrogen-bond donors (Lipinski definition) is 2. The minimum absolute atomic E-state index is 0.0249. The van der Waals surface area contributed by atoms with Crippen LogP contribution in [0.3, 0.4) is 0 Å². The SMILES string of the molecule is O=C(O)CCCC(=O)N1N=C(c2c(-c3ccc(Cl)cc3)c3ccccc3[nH]c2=O)C[C@@H]1c1ccc(Cl)cc1Cl. The summed E-state index contributed by atoms with van der Waals surface area (Å²) in [5.74, 6) is -1.35. The molecule has 7 nitrogen and oxygen atoms in total. The van der Waals surface area contributed by atoms with Crippen molar-refractivity contribution in [2.75, 3.05) is 0 Å². The maximum Gasteiger partial charge on any atom is 0.303 e. The highest BCUT2D eigenvalue weighted by Gasteiger charge is 2.36. The third-order valence-corrected chi connectivity index (χ3v) is 7.43. The molecule has 1 aliphatic heterocycles. The van der Waals surface area contributed by atoms with Crippen LogP contribution in [0, 0.1) is 0 Å². The molecule has 10 heteroatoms. The highest BCUT2D eigenvalue weighted by molar-refractivity contribution is 6.35. The number of amides is 1. The standard InChI is InChI=1S/C29H22Cl3N3O4/c30-17-10-8-16(9-11-17)27-20-4-1-2-5-22(20)33-29(39)28(27)23-15-24(19-13-12-18(31)14-21(19)32)35(34-23)25(36)6-3-7-26(37)38/h1-2,4-5,8-14,24H,3,6-7,15H2,(H,33,39)(H,37,38)/t24-/m1/s1. The van der Waals surface area contributed by atoms with Crippen molar-refractivity contribution in [2.24, 2.45) is 5.10 Å². The maximum absolute atomic E-state index is 13.6. The Balaban J connectivity index is 1.66. The van der Waals surface area contributed by atoms with Gasteiger partial charge in [0.05, 0.1) is 17.3 Å². The van der Waals surface area contributed by atoms with Crippen LogP contribution in [0.5, 0.6) is 0 Å². The smallest absolute Gasteiger partial charge is 0.303 e. The number of halogens is 3. The number of hydrazone groups is 1. The van der Waals surface area contributed by atoms with Gasteiger partial charge in [-0.2, -0.15) is 5.10 Å². The molecule has 3 aromatic carbocycles. The lowest BCUT2D eigenvalue weighted by Crippen LogP contribution is -2.27. The summed E-state index contributed by atoms with van der Waals surface area (Å²) >= 11 is 18.8. The molecule has 0 fully saturated rings. The number of nitrogens with zero attached hydrogens (tertiary/aromatic N) is 2. The summed E-state index contributed by atoms with van der Waals surface area (Å²) in [5.41, 5.74) is 3.13. The van der Waals surface area contributed by atoms with Crippen molar-refractivity contribution in [3.8, 4) is 11.1 Å². The summed E-state index contributed by atoms with van der Waals surface area (Å²) in [7, 11) is 0. The van der Waals surface area contributed by atoms with Gasteiger partial charge in [0.1, 0.15) is 0 Å². The van der Waals surface area contributed by atoms with E-state index >= 15 is 0 Å². The molecule has 0 saturated carbocycles. The fourth-order valence-electron chi connectivity index (χ4n) is 4.85. The van der Waals surface area contributed by atoms with Gasteiger partial charge in [0.2, 0.25) is 5.91 Å². The summed E-state index contributed by atoms with van der Waals surface area (Å²) in [5, 5.41) is 17.2. The van der Waals surface area contributed by atoms with E-state index in [2.05, 4.69) is 10.1 Å². The van der Waals surface area contributed by atoms with Crippen molar-refractivity contribution in [1.82, 2.24) is 9.99 Å². The van der Waals surface area contributed by atoms with E-state index in [0.29, 0.717) is 43.0 Å². The number of rotatable bonds is 7. The average molecular weight is 583 g/mol. The van der Waals surface area contributed by atoms with Crippen molar-refractivity contribution in [3.63, 3.8) is 0 Å². The molecule has 0 bridgehead atoms. The number of fused-ring (bicyclic) bond motifs is 1. The van der Waals surface area contributed by atoms with Crippen molar-refractivity contribution >= 4 is 63.3 Å². The first kappa shape index (κ1) is 26.9. The number of nitrogens with one attached hydrogen (secondary N) is 1. The van der Waals surface area contributed by atoms with E-state index in [1.54, 1.807) is 30.3 Å². The van der Waals surface area contributed by atoms with Gasteiger partial charge in [-0.05, 0) is 47.9 Å². The largest absolute Gasteiger partial charge is 0.481 e. The molecule has 1 aromatic heterocycles. The zero-order valence-corrected chi connectivity index (χ0v) is 22.7. The van der Waals surface area contributed by atoms with Gasteiger partial charge in [0.25, 0.3) is 5.56 Å². The molecule has 0 spiro atoms. The predicted octanol–water partition coefficient (Wildman–Crippen LogP) is 7.09. The summed E-state index contributed by atoms with van der Waals surface area (Å²) in [6, 6.07) is 19.0. The van der Waals surface area contributed by atoms with Crippen LogP contribution >= 0.6 is 34.8 Å². The van der Waals surface area contributed by atoms with Crippen molar-refractivity contribution in [1.29, 1.82) is 0 Å². The molecule has 39 heavy (non-hydrogen) atoms. The lowest BCUT2D eigenvalue weighted by Gasteiger charge is -2.23. The normalized spacial score (nSPS) is 15.0. The van der Waals surface area contributed by atoms with Crippen molar-refractivity contribution < 1.29 is 14.7 Å². The van der Waals surface area contributed by atoms with Gasteiger partial charge in [-0.15, -0.1) is 0 Å². The predicted molar refractivity (Wildman–Crippen MR) is 154 cm³/mol. The van der Waals surface area contributed by atoms with E-state index in [-0.39, 0.29) is 37.1 Å². The first-order valence-corrected chi connectivity index (χ1v) is 13.3. The number of hydrogen-bond acceptors (Lipinski definition) is 4. The number of carboxylic acids is 1. The Labute approximate surface area is 238 Å². The van der Waals surface area contributed by atoms with E-state index in [9.17, 15) is 14.4 Å². The number of carbonyl (C=O) groups excluding carboxylic acids is 1. The Morgan fingerprint density at radius 2 is 1.67 bits per heavy atom. The van der Waals surface area contributed by atoms with Gasteiger partial charge in [-0.3, -0.25) is 14.4 Å². The summed E-state index contributed by atoms with van der Waals surface area (Å²) in [6.45, 7) is 0. The number of carbonyl (C=O) groups is 2. The van der Waals surface area contributed by atoms with Crippen LogP contribution in [-0.2, 0) is 9.59 Å². The number of aromatic amines is 1. The first-order valence-electron chi connectivity index (χ1n) is 12.2. The molecule has 5 rings (SSSR count). The third-order valence-electron chi connectivity index (χ3n) is 6.61. The van der Waals surface area contributed by atoms with Crippen LogP contribution < -0.4 is 5.56 Å². The van der Waals surface area contributed by atoms with Gasteiger partial charge in [-0.25, -0.2) is 5.01 Å². The third kappa shape index (κ3) is 5.57. The lowest BCUT2D eigenvalue weighted by atomic mass is 9.91. The van der Waals surface area contributed by atoms with Crippen LogP contribution in [-0.4, -0.2) is 32.7 Å². The first-order chi connectivity index (χ1) is 18.7. The lowest BCUT2D eigenvalue weighted by molar-refractivity contribution is -0.137. The highest BCUT2D eigenvalue weighted by Crippen LogP contribution is 2.40. The fraction of sp³-hybridized carbons (Fsp3) is 0.172. The van der Waals surface area contributed by atoms with Crippen LogP contribution in [0.15, 0.2) is 76.6 Å². The molecule has 0 saturated heterocycles. The van der Waals surface area contributed by atoms with Gasteiger partial charge in [0.15, 0.2) is 0 Å². The van der Waals surface area contributed by atoms with Gasteiger partial charge >= 0.3 is 5.97 Å². The molecule has 2 heterocycles. The van der Waals surface area contributed by atoms with Gasteiger partial charge < -0.3 is 10.1 Å². The second kappa shape index (κ2) is 11.2. The van der Waals surface area contributed by atoms with E-state index in [4.69, 9.17) is 39.9 Å². The molecule has 2 N–H and O–H groups in total. The fourth-order valence-corrected chi connectivity index (χ4v) is 5.51. The summed E-state index contributed by atoms with van der Waals surface area (Å²) in [4.78, 5) is 40.9. The molecule has 1 aliphatic rings. The Bertz CT molecular complexity index is 1680. The minimum atomic E-state index is -0.985. The average Bonchev–Trinajstić information content (AvgIpc) is 3.33. The molecule has 0 radical (unpaired) electrons. The van der Waals surface area contributed by atoms with E-state index < -0.39 is 12.0 Å². The monoisotopic (exact) mass is 581 g/mol. The number of carboxylic acid groups (broad SMARTS) is 1. The molecule has 1 atom stereocenters. The Hall–Kier alpha value is -3.65. The second-order valence-corrected chi connectivity index (χ2v) is 10.5. The number of H-pyrrole nitrogens is 1. The molecule has 0 unspecified atom stereocenters. The van der Waals surface area contributed by atoms with E-state index in [0.717, 1.165) is 10.9 Å². The Morgan fingerprint density at radius 1 is 0.949 bits per heavy atom. The topological polar surface area (TPSA) is 103 Å². The molecule has 1 amide bonds. The quantitative estimate of drug-likeness (QED) is 0.243. The Kier molecular flexibility index (Phi) is 7.75. The van der Waals surface area contributed by atoms with Crippen molar-refractivity contribution in [2.45, 2.75) is 31.7 Å². The summed E-state index contributed by atoms with van der Waals surface area (Å²) in [6.07, 6.45) is 0.202. The van der Waals surface area contributed by atoms with Crippen LogP contribution in [0.4, 0.5) is 0 Å². The molecule has 4 aromatic rings. The molecule has 198 valence electrons. The zero-order chi connectivity index (χ0) is 27.7. The van der Waals surface area contributed by atoms with Crippen LogP contribution in [0.1, 0.15) is 42.9 Å². The van der Waals surface area contributed by atoms with Crippen molar-refractivity contribution in [3.05, 3.63) is 103 Å².